The predicted molar refractivity (Wildman–Crippen MR) is 55.0 cm³/mol. The fourth-order valence-corrected chi connectivity index (χ4v) is 1.08. The highest BCUT2D eigenvalue weighted by atomic mass is 16.1. The van der Waals surface area contributed by atoms with Gasteiger partial charge in [-0.1, -0.05) is 0 Å². The van der Waals surface area contributed by atoms with Crippen LogP contribution >= 0.6 is 0 Å². The fourth-order valence-electron chi connectivity index (χ4n) is 1.08. The maximum absolute atomic E-state index is 11.0. The number of hydrogen-bond acceptors (Lipinski definition) is 4. The number of carbonyl (C=O) groups is 1. The molecule has 0 radical (unpaired) electrons. The van der Waals surface area contributed by atoms with Gasteiger partial charge in [0.25, 0.3) is 5.91 Å². The van der Waals surface area contributed by atoms with Crippen LogP contribution in [0.1, 0.15) is 16.1 Å². The summed E-state index contributed by atoms with van der Waals surface area (Å²) in [5.74, 6) is 0.0139. The molecule has 5 heteroatoms. The number of aryl methyl sites for hydroxylation is 1. The van der Waals surface area contributed by atoms with Crippen LogP contribution in [0.15, 0.2) is 12.1 Å². The van der Waals surface area contributed by atoms with Gasteiger partial charge in [-0.2, -0.15) is 0 Å². The van der Waals surface area contributed by atoms with E-state index >= 15 is 0 Å². The summed E-state index contributed by atoms with van der Waals surface area (Å²) in [7, 11) is 0. The van der Waals surface area contributed by atoms with Crippen molar-refractivity contribution in [2.75, 3.05) is 18.4 Å². The molecule has 0 aromatic carbocycles. The smallest absolute Gasteiger partial charge is 0.252 e. The van der Waals surface area contributed by atoms with E-state index in [0.717, 1.165) is 5.69 Å². The molecule has 0 atom stereocenters. The topological polar surface area (TPSA) is 94.0 Å². The third-order valence-corrected chi connectivity index (χ3v) is 1.74. The summed E-state index contributed by atoms with van der Waals surface area (Å²) in [6, 6.07) is 3.40. The molecule has 0 fully saturated rings. The molecule has 0 aliphatic carbocycles. The van der Waals surface area contributed by atoms with E-state index in [1.54, 1.807) is 12.1 Å². The molecule has 0 saturated carbocycles. The highest BCUT2D eigenvalue weighted by Crippen LogP contribution is 2.11. The van der Waals surface area contributed by atoms with E-state index in [4.69, 9.17) is 11.5 Å². The van der Waals surface area contributed by atoms with Crippen molar-refractivity contribution in [3.8, 4) is 0 Å². The molecule has 14 heavy (non-hydrogen) atoms. The predicted octanol–water partition coefficient (Wildman–Crippen LogP) is -0.140. The Balaban J connectivity index is 2.97. The first-order valence-electron chi connectivity index (χ1n) is 4.36. The number of nitrogens with two attached hydrogens (primary N) is 2. The van der Waals surface area contributed by atoms with Gasteiger partial charge in [0.2, 0.25) is 0 Å². The minimum absolute atomic E-state index is 0.393. The van der Waals surface area contributed by atoms with Gasteiger partial charge in [0, 0.05) is 18.8 Å². The number of nitrogens with zero attached hydrogens (tertiary/aromatic N) is 1. The molecule has 1 aromatic rings. The minimum Gasteiger partial charge on any atom is -0.368 e. The van der Waals surface area contributed by atoms with E-state index in [2.05, 4.69) is 10.3 Å². The Kier molecular flexibility index (Phi) is 3.41. The van der Waals surface area contributed by atoms with E-state index in [1.165, 1.54) is 0 Å². The number of rotatable bonds is 4. The Morgan fingerprint density at radius 3 is 2.86 bits per heavy atom. The molecular formula is C9H14N4O. The van der Waals surface area contributed by atoms with Crippen molar-refractivity contribution >= 4 is 11.7 Å². The van der Waals surface area contributed by atoms with Crippen molar-refractivity contribution < 1.29 is 4.79 Å². The Hall–Kier alpha value is -1.62. The van der Waals surface area contributed by atoms with Gasteiger partial charge in [-0.25, -0.2) is 4.98 Å². The third kappa shape index (κ3) is 2.43. The van der Waals surface area contributed by atoms with Crippen molar-refractivity contribution in [2.45, 2.75) is 6.92 Å². The molecule has 5 nitrogen and oxygen atoms in total. The molecule has 1 aromatic heterocycles. The van der Waals surface area contributed by atoms with Gasteiger partial charge >= 0.3 is 0 Å². The highest BCUT2D eigenvalue weighted by Gasteiger charge is 2.08. The van der Waals surface area contributed by atoms with Crippen molar-refractivity contribution in [1.29, 1.82) is 0 Å². The van der Waals surface area contributed by atoms with E-state index < -0.39 is 5.91 Å². The van der Waals surface area contributed by atoms with Crippen molar-refractivity contribution in [3.63, 3.8) is 0 Å². The third-order valence-electron chi connectivity index (χ3n) is 1.74. The quantitative estimate of drug-likeness (QED) is 0.621. The molecular weight excluding hydrogens is 180 g/mol. The molecule has 1 heterocycles. The lowest BCUT2D eigenvalue weighted by molar-refractivity contribution is 0.100. The maximum atomic E-state index is 11.0. The summed E-state index contributed by atoms with van der Waals surface area (Å²) in [6.45, 7) is 2.89. The monoisotopic (exact) mass is 194 g/mol. The van der Waals surface area contributed by atoms with Crippen LogP contribution in [0.4, 0.5) is 5.82 Å². The molecule has 1 amide bonds. The van der Waals surface area contributed by atoms with E-state index in [0.29, 0.717) is 24.5 Å². The zero-order valence-corrected chi connectivity index (χ0v) is 8.08. The lowest BCUT2D eigenvalue weighted by atomic mass is 10.2. The first-order chi connectivity index (χ1) is 6.65. The zero-order chi connectivity index (χ0) is 10.6. The summed E-state index contributed by atoms with van der Waals surface area (Å²) in [5, 5.41) is 2.95. The van der Waals surface area contributed by atoms with Gasteiger partial charge in [-0.05, 0) is 19.1 Å². The van der Waals surface area contributed by atoms with Crippen LogP contribution in [0.5, 0.6) is 0 Å². The number of hydrogen-bond donors (Lipinski definition) is 3. The summed E-state index contributed by atoms with van der Waals surface area (Å²) in [6.07, 6.45) is 0. The summed E-state index contributed by atoms with van der Waals surface area (Å²) in [5.41, 5.74) is 11.7. The number of anilines is 1. The molecule has 0 unspecified atom stereocenters. The van der Waals surface area contributed by atoms with Crippen LogP contribution in [0, 0.1) is 6.92 Å². The van der Waals surface area contributed by atoms with Crippen LogP contribution in [-0.2, 0) is 0 Å². The molecule has 5 N–H and O–H groups in total. The fraction of sp³-hybridized carbons (Fsp3) is 0.333. The number of pyridine rings is 1. The Morgan fingerprint density at radius 1 is 1.57 bits per heavy atom. The van der Waals surface area contributed by atoms with E-state index in [9.17, 15) is 4.79 Å². The Morgan fingerprint density at radius 2 is 2.29 bits per heavy atom. The normalized spacial score (nSPS) is 9.86. The van der Waals surface area contributed by atoms with Gasteiger partial charge in [0.05, 0.1) is 5.56 Å². The lowest BCUT2D eigenvalue weighted by Gasteiger charge is -2.08. The molecule has 0 aliphatic heterocycles. The zero-order valence-electron chi connectivity index (χ0n) is 8.08. The average Bonchev–Trinajstić information content (AvgIpc) is 2.14. The number of nitrogens with one attached hydrogen (secondary N) is 1. The number of carbonyl (C=O) groups excluding carboxylic acids is 1. The van der Waals surface area contributed by atoms with Crippen LogP contribution in [0.2, 0.25) is 0 Å². The number of aromatic nitrogens is 1. The van der Waals surface area contributed by atoms with Crippen LogP contribution in [-0.4, -0.2) is 24.0 Å². The second-order valence-electron chi connectivity index (χ2n) is 2.93. The van der Waals surface area contributed by atoms with Crippen LogP contribution in [0.3, 0.4) is 0 Å². The van der Waals surface area contributed by atoms with E-state index in [-0.39, 0.29) is 0 Å². The van der Waals surface area contributed by atoms with Crippen LogP contribution < -0.4 is 16.8 Å². The van der Waals surface area contributed by atoms with E-state index in [1.807, 2.05) is 6.92 Å². The number of amides is 1. The summed E-state index contributed by atoms with van der Waals surface area (Å²) >= 11 is 0. The van der Waals surface area contributed by atoms with Crippen molar-refractivity contribution in [2.24, 2.45) is 11.5 Å². The molecule has 76 valence electrons. The minimum atomic E-state index is -0.489. The molecule has 1 rings (SSSR count). The SMILES string of the molecule is Cc1ccc(C(N)=O)c(NCCN)n1. The first kappa shape index (κ1) is 10.5. The largest absolute Gasteiger partial charge is 0.368 e. The van der Waals surface area contributed by atoms with Gasteiger partial charge in [0.15, 0.2) is 0 Å². The average molecular weight is 194 g/mol. The number of primary amides is 1. The van der Waals surface area contributed by atoms with Crippen molar-refractivity contribution in [1.82, 2.24) is 4.98 Å². The standard InChI is InChI=1S/C9H14N4O/c1-6-2-3-7(8(11)14)9(13-6)12-5-4-10/h2-3H,4-5,10H2,1H3,(H2,11,14)(H,12,13). The second-order valence-corrected chi connectivity index (χ2v) is 2.93. The lowest BCUT2D eigenvalue weighted by Crippen LogP contribution is -2.19. The summed E-state index contributed by atoms with van der Waals surface area (Å²) in [4.78, 5) is 15.2. The molecule has 0 bridgehead atoms. The Labute approximate surface area is 82.5 Å². The highest BCUT2D eigenvalue weighted by molar-refractivity contribution is 5.97. The van der Waals surface area contributed by atoms with Gasteiger partial charge in [0.1, 0.15) is 5.82 Å². The van der Waals surface area contributed by atoms with Gasteiger partial charge in [-0.3, -0.25) is 4.79 Å². The Bertz CT molecular complexity index is 338. The second kappa shape index (κ2) is 4.57. The molecule has 0 saturated heterocycles. The summed E-state index contributed by atoms with van der Waals surface area (Å²) < 4.78 is 0. The first-order valence-corrected chi connectivity index (χ1v) is 4.36. The molecule has 0 spiro atoms. The van der Waals surface area contributed by atoms with Gasteiger partial charge in [-0.15, -0.1) is 0 Å². The van der Waals surface area contributed by atoms with Crippen molar-refractivity contribution in [3.05, 3.63) is 23.4 Å². The maximum Gasteiger partial charge on any atom is 0.252 e. The molecule has 0 aliphatic rings. The van der Waals surface area contributed by atoms with Gasteiger partial charge < -0.3 is 16.8 Å². The van der Waals surface area contributed by atoms with Crippen LogP contribution in [0.25, 0.3) is 0 Å².